The molecule has 0 spiro atoms. The molecule has 3 nitrogen and oxygen atoms in total. The van der Waals surface area contributed by atoms with Gasteiger partial charge in [0.25, 0.3) is 0 Å². The Kier molecular flexibility index (Phi) is 3.82. The highest BCUT2D eigenvalue weighted by Crippen LogP contribution is 2.18. The van der Waals surface area contributed by atoms with Crippen molar-refractivity contribution in [3.05, 3.63) is 52.8 Å². The minimum absolute atomic E-state index is 0.294. The molecule has 0 aliphatic rings. The molecule has 0 saturated heterocycles. The van der Waals surface area contributed by atoms with Crippen LogP contribution < -0.4 is 5.32 Å². The summed E-state index contributed by atoms with van der Waals surface area (Å²) in [6, 6.07) is 6.98. The normalized spacial score (nSPS) is 12.7. The van der Waals surface area contributed by atoms with Gasteiger partial charge in [-0.05, 0) is 38.9 Å². The van der Waals surface area contributed by atoms with Crippen LogP contribution in [0.5, 0.6) is 0 Å². The van der Waals surface area contributed by atoms with E-state index in [1.807, 2.05) is 17.9 Å². The van der Waals surface area contributed by atoms with Gasteiger partial charge in [0.2, 0.25) is 0 Å². The molecule has 18 heavy (non-hydrogen) atoms. The first-order valence-corrected chi connectivity index (χ1v) is 6.33. The van der Waals surface area contributed by atoms with Gasteiger partial charge in [0.05, 0.1) is 18.8 Å². The zero-order valence-corrected chi connectivity index (χ0v) is 11.6. The average molecular weight is 243 g/mol. The number of likely N-dealkylation sites (N-methyl/N-ethyl adjacent to an activating group) is 1. The summed E-state index contributed by atoms with van der Waals surface area (Å²) in [4.78, 5) is 0. The number of benzene rings is 1. The number of aryl methyl sites for hydroxylation is 3. The Morgan fingerprint density at radius 2 is 1.78 bits per heavy atom. The minimum Gasteiger partial charge on any atom is -0.311 e. The molecule has 96 valence electrons. The lowest BCUT2D eigenvalue weighted by atomic mass is 10.0. The Morgan fingerprint density at radius 3 is 2.28 bits per heavy atom. The number of rotatable bonds is 4. The van der Waals surface area contributed by atoms with Gasteiger partial charge in [0.15, 0.2) is 0 Å². The van der Waals surface area contributed by atoms with Crippen LogP contribution in [0.2, 0.25) is 0 Å². The van der Waals surface area contributed by atoms with Crippen LogP contribution in [0.25, 0.3) is 0 Å². The standard InChI is InChI=1S/C15H21N3/c1-11-5-12(2)7-14(6-11)15(16-4)10-18-9-13(3)8-17-18/h5-9,15-16H,10H2,1-4H3. The molecule has 1 heterocycles. The largest absolute Gasteiger partial charge is 0.311 e. The topological polar surface area (TPSA) is 29.9 Å². The molecule has 0 amide bonds. The predicted molar refractivity (Wildman–Crippen MR) is 74.7 cm³/mol. The zero-order valence-electron chi connectivity index (χ0n) is 11.6. The molecule has 1 atom stereocenters. The highest BCUT2D eigenvalue weighted by atomic mass is 15.3. The molecule has 0 bridgehead atoms. The van der Waals surface area contributed by atoms with Crippen molar-refractivity contribution in [2.24, 2.45) is 0 Å². The number of aromatic nitrogens is 2. The van der Waals surface area contributed by atoms with Gasteiger partial charge >= 0.3 is 0 Å². The van der Waals surface area contributed by atoms with E-state index in [1.165, 1.54) is 22.3 Å². The van der Waals surface area contributed by atoms with Gasteiger partial charge in [-0.3, -0.25) is 4.68 Å². The van der Waals surface area contributed by atoms with Gasteiger partial charge in [-0.15, -0.1) is 0 Å². The lowest BCUT2D eigenvalue weighted by Gasteiger charge is -2.18. The molecule has 2 rings (SSSR count). The molecule has 1 aromatic carbocycles. The summed E-state index contributed by atoms with van der Waals surface area (Å²) in [7, 11) is 2.00. The van der Waals surface area contributed by atoms with Crippen molar-refractivity contribution in [2.45, 2.75) is 33.4 Å². The summed E-state index contributed by atoms with van der Waals surface area (Å²) in [5.41, 5.74) is 5.14. The fourth-order valence-electron chi connectivity index (χ4n) is 2.33. The molecule has 0 fully saturated rings. The lowest BCUT2D eigenvalue weighted by molar-refractivity contribution is 0.468. The molecule has 0 saturated carbocycles. The van der Waals surface area contributed by atoms with Crippen molar-refractivity contribution < 1.29 is 0 Å². The number of hydrogen-bond donors (Lipinski definition) is 1. The van der Waals surface area contributed by atoms with Gasteiger partial charge in [0, 0.05) is 6.20 Å². The lowest BCUT2D eigenvalue weighted by Crippen LogP contribution is -2.22. The molecular weight excluding hydrogens is 222 g/mol. The fourth-order valence-corrected chi connectivity index (χ4v) is 2.33. The van der Waals surface area contributed by atoms with Crippen molar-refractivity contribution in [1.29, 1.82) is 0 Å². The van der Waals surface area contributed by atoms with E-state index in [2.05, 4.69) is 55.6 Å². The third kappa shape index (κ3) is 2.99. The third-order valence-electron chi connectivity index (χ3n) is 3.13. The van der Waals surface area contributed by atoms with E-state index in [0.717, 1.165) is 6.54 Å². The van der Waals surface area contributed by atoms with Crippen LogP contribution in [-0.2, 0) is 6.54 Å². The van der Waals surface area contributed by atoms with Crippen molar-refractivity contribution in [3.8, 4) is 0 Å². The number of hydrogen-bond acceptors (Lipinski definition) is 2. The second-order valence-corrected chi connectivity index (χ2v) is 5.00. The van der Waals surface area contributed by atoms with E-state index in [9.17, 15) is 0 Å². The van der Waals surface area contributed by atoms with Crippen molar-refractivity contribution >= 4 is 0 Å². The summed E-state index contributed by atoms with van der Waals surface area (Å²) in [5, 5.41) is 7.72. The molecule has 1 aromatic heterocycles. The molecular formula is C15H21N3. The smallest absolute Gasteiger partial charge is 0.0604 e. The number of nitrogens with zero attached hydrogens (tertiary/aromatic N) is 2. The fraction of sp³-hybridized carbons (Fsp3) is 0.400. The first-order chi connectivity index (χ1) is 8.58. The van der Waals surface area contributed by atoms with Gasteiger partial charge in [-0.1, -0.05) is 29.3 Å². The van der Waals surface area contributed by atoms with Crippen LogP contribution in [0.15, 0.2) is 30.6 Å². The Labute approximate surface area is 109 Å². The monoisotopic (exact) mass is 243 g/mol. The van der Waals surface area contributed by atoms with Gasteiger partial charge < -0.3 is 5.32 Å². The molecule has 3 heteroatoms. The zero-order chi connectivity index (χ0) is 13.1. The summed E-state index contributed by atoms with van der Waals surface area (Å²) in [6.45, 7) is 7.20. The molecule has 0 aliphatic carbocycles. The highest BCUT2D eigenvalue weighted by molar-refractivity contribution is 5.30. The van der Waals surface area contributed by atoms with Gasteiger partial charge in [-0.2, -0.15) is 5.10 Å². The van der Waals surface area contributed by atoms with Crippen LogP contribution in [-0.4, -0.2) is 16.8 Å². The molecule has 2 aromatic rings. The van der Waals surface area contributed by atoms with Crippen molar-refractivity contribution in [1.82, 2.24) is 15.1 Å². The van der Waals surface area contributed by atoms with Crippen LogP contribution in [0.3, 0.4) is 0 Å². The predicted octanol–water partition coefficient (Wildman–Crippen LogP) is 2.77. The maximum atomic E-state index is 4.35. The van der Waals surface area contributed by atoms with E-state index >= 15 is 0 Å². The number of nitrogens with one attached hydrogen (secondary N) is 1. The van der Waals surface area contributed by atoms with Crippen LogP contribution in [0.1, 0.15) is 28.3 Å². The Bertz CT molecular complexity index is 508. The SMILES string of the molecule is CNC(Cn1cc(C)cn1)c1cc(C)cc(C)c1. The molecule has 0 aliphatic heterocycles. The quantitative estimate of drug-likeness (QED) is 0.895. The summed E-state index contributed by atoms with van der Waals surface area (Å²) in [5.74, 6) is 0. The average Bonchev–Trinajstić information content (AvgIpc) is 2.70. The van der Waals surface area contributed by atoms with Crippen LogP contribution in [0.4, 0.5) is 0 Å². The summed E-state index contributed by atoms with van der Waals surface area (Å²) < 4.78 is 1.99. The van der Waals surface area contributed by atoms with E-state index in [4.69, 9.17) is 0 Å². The first-order valence-electron chi connectivity index (χ1n) is 6.33. The van der Waals surface area contributed by atoms with Gasteiger partial charge in [-0.25, -0.2) is 0 Å². The third-order valence-corrected chi connectivity index (χ3v) is 3.13. The van der Waals surface area contributed by atoms with E-state index < -0.39 is 0 Å². The Morgan fingerprint density at radius 1 is 1.11 bits per heavy atom. The first kappa shape index (κ1) is 12.8. The maximum Gasteiger partial charge on any atom is 0.0604 e. The summed E-state index contributed by atoms with van der Waals surface area (Å²) in [6.07, 6.45) is 3.97. The maximum absolute atomic E-state index is 4.35. The van der Waals surface area contributed by atoms with Crippen molar-refractivity contribution in [2.75, 3.05) is 7.05 Å². The van der Waals surface area contributed by atoms with E-state index in [0.29, 0.717) is 6.04 Å². The summed E-state index contributed by atoms with van der Waals surface area (Å²) >= 11 is 0. The van der Waals surface area contributed by atoms with Gasteiger partial charge in [0.1, 0.15) is 0 Å². The molecule has 1 N–H and O–H groups in total. The van der Waals surface area contributed by atoms with Crippen LogP contribution >= 0.6 is 0 Å². The highest BCUT2D eigenvalue weighted by Gasteiger charge is 2.11. The Balaban J connectivity index is 2.22. The second-order valence-electron chi connectivity index (χ2n) is 5.00. The van der Waals surface area contributed by atoms with E-state index in [-0.39, 0.29) is 0 Å². The molecule has 1 unspecified atom stereocenters. The van der Waals surface area contributed by atoms with E-state index in [1.54, 1.807) is 0 Å². The minimum atomic E-state index is 0.294. The second kappa shape index (κ2) is 5.36. The van der Waals surface area contributed by atoms with Crippen LogP contribution in [0, 0.1) is 20.8 Å². The molecule has 0 radical (unpaired) electrons. The Hall–Kier alpha value is -1.61. The van der Waals surface area contributed by atoms with Crippen molar-refractivity contribution in [3.63, 3.8) is 0 Å².